The van der Waals surface area contributed by atoms with Gasteiger partial charge in [-0.15, -0.1) is 0 Å². The molecule has 3 heteroatoms. The van der Waals surface area contributed by atoms with Crippen molar-refractivity contribution in [2.75, 3.05) is 4.90 Å². The predicted octanol–water partition coefficient (Wildman–Crippen LogP) is 18.6. The number of nitrogens with zero attached hydrogens (tertiary/aromatic N) is 1. The van der Waals surface area contributed by atoms with Crippen molar-refractivity contribution in [3.05, 3.63) is 317 Å². The summed E-state index contributed by atoms with van der Waals surface area (Å²) >= 11 is 0. The predicted molar refractivity (Wildman–Crippen MR) is 304 cm³/mol. The van der Waals surface area contributed by atoms with Gasteiger partial charge >= 0.3 is 0 Å². The number of anilines is 3. The van der Waals surface area contributed by atoms with E-state index in [9.17, 15) is 0 Å². The fourth-order valence-corrected chi connectivity index (χ4v) is 13.6. The maximum atomic E-state index is 6.76. The van der Waals surface area contributed by atoms with Crippen LogP contribution in [0, 0.1) is 0 Å². The van der Waals surface area contributed by atoms with Gasteiger partial charge in [-0.1, -0.05) is 212 Å². The smallest absolute Gasteiger partial charge is 0.132 e. The molecule has 0 N–H and O–H groups in total. The van der Waals surface area contributed by atoms with Crippen molar-refractivity contribution in [2.24, 2.45) is 0 Å². The van der Waals surface area contributed by atoms with Crippen LogP contribution < -0.4 is 14.4 Å². The van der Waals surface area contributed by atoms with Gasteiger partial charge < -0.3 is 14.4 Å². The van der Waals surface area contributed by atoms with Crippen LogP contribution in [-0.2, 0) is 10.8 Å². The van der Waals surface area contributed by atoms with Gasteiger partial charge in [0.2, 0.25) is 0 Å². The lowest BCUT2D eigenvalue weighted by Crippen LogP contribution is -2.32. The Bertz CT molecular complexity index is 4220. The maximum absolute atomic E-state index is 6.76. The van der Waals surface area contributed by atoms with E-state index in [2.05, 4.69) is 278 Å². The summed E-state index contributed by atoms with van der Waals surface area (Å²) < 4.78 is 13.5. The molecule has 12 aromatic carbocycles. The molecule has 0 aromatic heterocycles. The minimum atomic E-state index is -0.622. The zero-order valence-corrected chi connectivity index (χ0v) is 40.7. The lowest BCUT2D eigenvalue weighted by atomic mass is 9.66. The Morgan fingerprint density at radius 2 is 0.680 bits per heavy atom. The van der Waals surface area contributed by atoms with E-state index in [-0.39, 0.29) is 0 Å². The molecule has 0 saturated heterocycles. The van der Waals surface area contributed by atoms with Gasteiger partial charge in [0.25, 0.3) is 0 Å². The van der Waals surface area contributed by atoms with E-state index in [0.29, 0.717) is 0 Å². The molecule has 3 nitrogen and oxygen atoms in total. The normalized spacial score (nSPS) is 14.0. The molecule has 0 radical (unpaired) electrons. The first-order chi connectivity index (χ1) is 37.2. The highest BCUT2D eigenvalue weighted by atomic mass is 16.5. The monoisotopic (exact) mass is 955 g/mol. The lowest BCUT2D eigenvalue weighted by Gasteiger charge is -2.39. The van der Waals surface area contributed by atoms with Crippen molar-refractivity contribution >= 4 is 27.8 Å². The third-order valence-electron chi connectivity index (χ3n) is 16.6. The van der Waals surface area contributed by atoms with Crippen LogP contribution in [0.3, 0.4) is 0 Å². The van der Waals surface area contributed by atoms with E-state index in [1.165, 1.54) is 61.2 Å². The average molecular weight is 956 g/mol. The first-order valence-corrected chi connectivity index (χ1v) is 25.9. The summed E-state index contributed by atoms with van der Waals surface area (Å²) in [5, 5.41) is 2.33. The standard InChI is InChI=1S/C72H45NO2/c1-2-18-46(19-3-1)47-36-38-48(39-37-47)49-40-42-51(43-41-49)73(65-31-17-29-62-70(65)53-22-5-7-24-57(53)71(62)58-25-8-12-32-66(58)74-67-33-13-9-26-59(67)71)64-30-16-20-50-44-63-55(45-54(50)64)52-21-4-6-23-56(52)72(63)60-27-10-14-34-68(60)75-69-35-15-11-28-61(69)72/h1-45H. The van der Waals surface area contributed by atoms with Gasteiger partial charge in [0, 0.05) is 38.9 Å². The molecule has 0 atom stereocenters. The number of fused-ring (bicyclic) bond motifs is 19. The van der Waals surface area contributed by atoms with Gasteiger partial charge in [0.15, 0.2) is 0 Å². The third kappa shape index (κ3) is 5.75. The molecule has 4 aliphatic rings. The summed E-state index contributed by atoms with van der Waals surface area (Å²) in [6.07, 6.45) is 0. The maximum Gasteiger partial charge on any atom is 0.132 e. The molecule has 2 spiro atoms. The van der Waals surface area contributed by atoms with Gasteiger partial charge in [-0.25, -0.2) is 0 Å². The molecule has 2 aliphatic heterocycles. The van der Waals surface area contributed by atoms with E-state index in [0.717, 1.165) is 78.6 Å². The minimum absolute atomic E-state index is 0.578. The molecule has 0 saturated carbocycles. The second kappa shape index (κ2) is 15.9. The van der Waals surface area contributed by atoms with Gasteiger partial charge in [-0.2, -0.15) is 0 Å². The average Bonchev–Trinajstić information content (AvgIpc) is 3.96. The number of hydrogen-bond acceptors (Lipinski definition) is 3. The number of benzene rings is 12. The highest BCUT2D eigenvalue weighted by molar-refractivity contribution is 6.07. The lowest BCUT2D eigenvalue weighted by molar-refractivity contribution is 0.436. The van der Waals surface area contributed by atoms with Crippen molar-refractivity contribution in [3.63, 3.8) is 0 Å². The number of para-hydroxylation sites is 4. The SMILES string of the molecule is c1ccc(-c2ccc(-c3ccc(N(c4cccc5c4-c4ccccc4C54c5ccccc5Oc5ccccc54)c4cccc5cc6c(cc45)-c4ccccc4C64c5ccccc5Oc5ccccc54)cc3)cc2)cc1. The zero-order valence-electron chi connectivity index (χ0n) is 40.7. The van der Waals surface area contributed by atoms with Crippen molar-refractivity contribution in [1.82, 2.24) is 0 Å². The van der Waals surface area contributed by atoms with Gasteiger partial charge in [-0.3, -0.25) is 0 Å². The van der Waals surface area contributed by atoms with E-state index in [1.54, 1.807) is 0 Å². The fraction of sp³-hybridized carbons (Fsp3) is 0.0278. The van der Waals surface area contributed by atoms with Crippen molar-refractivity contribution in [1.29, 1.82) is 0 Å². The molecule has 75 heavy (non-hydrogen) atoms. The van der Waals surface area contributed by atoms with Crippen LogP contribution in [0.5, 0.6) is 23.0 Å². The third-order valence-corrected chi connectivity index (χ3v) is 16.6. The van der Waals surface area contributed by atoms with Crippen molar-refractivity contribution in [2.45, 2.75) is 10.8 Å². The Morgan fingerprint density at radius 3 is 1.25 bits per heavy atom. The fourth-order valence-electron chi connectivity index (χ4n) is 13.6. The molecule has 2 aliphatic carbocycles. The molecule has 0 bridgehead atoms. The molecule has 12 aromatic rings. The zero-order chi connectivity index (χ0) is 49.2. The Hall–Kier alpha value is -9.70. The van der Waals surface area contributed by atoms with Crippen LogP contribution in [0.25, 0.3) is 55.3 Å². The van der Waals surface area contributed by atoms with Crippen LogP contribution in [-0.4, -0.2) is 0 Å². The first-order valence-electron chi connectivity index (χ1n) is 25.9. The van der Waals surface area contributed by atoms with E-state index < -0.39 is 10.8 Å². The van der Waals surface area contributed by atoms with Crippen LogP contribution in [0.4, 0.5) is 17.1 Å². The Morgan fingerprint density at radius 1 is 0.267 bits per heavy atom. The summed E-state index contributed by atoms with van der Waals surface area (Å²) in [5.74, 6) is 3.54. The quantitative estimate of drug-likeness (QED) is 0.172. The number of ether oxygens (including phenoxy) is 2. The Kier molecular flexibility index (Phi) is 8.88. The largest absolute Gasteiger partial charge is 0.457 e. The van der Waals surface area contributed by atoms with Gasteiger partial charge in [0.05, 0.1) is 22.2 Å². The van der Waals surface area contributed by atoms with Gasteiger partial charge in [-0.05, 0) is 127 Å². The van der Waals surface area contributed by atoms with E-state index in [1.807, 2.05) is 0 Å². The molecule has 350 valence electrons. The Balaban J connectivity index is 0.950. The topological polar surface area (TPSA) is 21.7 Å². The minimum Gasteiger partial charge on any atom is -0.457 e. The molecule has 0 unspecified atom stereocenters. The Labute approximate surface area is 435 Å². The summed E-state index contributed by atoms with van der Waals surface area (Å²) in [6.45, 7) is 0. The summed E-state index contributed by atoms with van der Waals surface area (Å²) in [7, 11) is 0. The van der Waals surface area contributed by atoms with Crippen LogP contribution in [0.1, 0.15) is 44.5 Å². The van der Waals surface area contributed by atoms with Crippen molar-refractivity contribution in [3.8, 4) is 67.5 Å². The van der Waals surface area contributed by atoms with Crippen LogP contribution >= 0.6 is 0 Å². The molecule has 16 rings (SSSR count). The van der Waals surface area contributed by atoms with Crippen LogP contribution in [0.2, 0.25) is 0 Å². The second-order valence-corrected chi connectivity index (χ2v) is 20.2. The molecular weight excluding hydrogens is 911 g/mol. The summed E-state index contributed by atoms with van der Waals surface area (Å²) in [6, 6.07) is 100.0. The van der Waals surface area contributed by atoms with E-state index >= 15 is 0 Å². The van der Waals surface area contributed by atoms with Crippen molar-refractivity contribution < 1.29 is 9.47 Å². The molecule has 0 fully saturated rings. The molecule has 0 amide bonds. The number of rotatable bonds is 5. The highest BCUT2D eigenvalue weighted by Gasteiger charge is 2.53. The van der Waals surface area contributed by atoms with Crippen LogP contribution in [0.15, 0.2) is 273 Å². The van der Waals surface area contributed by atoms with E-state index in [4.69, 9.17) is 9.47 Å². The second-order valence-electron chi connectivity index (χ2n) is 20.2. The summed E-state index contributed by atoms with van der Waals surface area (Å²) in [5.41, 5.74) is 21.3. The highest BCUT2D eigenvalue weighted by Crippen LogP contribution is 2.66. The van der Waals surface area contributed by atoms with Gasteiger partial charge in [0.1, 0.15) is 23.0 Å². The molecular formula is C72H45NO2. The summed E-state index contributed by atoms with van der Waals surface area (Å²) in [4.78, 5) is 2.53. The molecule has 2 heterocycles. The first kappa shape index (κ1) is 41.9. The number of hydrogen-bond donors (Lipinski definition) is 0.